The van der Waals surface area contributed by atoms with E-state index in [2.05, 4.69) is 255 Å². The highest BCUT2D eigenvalue weighted by molar-refractivity contribution is 6.88. The molecule has 0 nitrogen and oxygen atoms in total. The van der Waals surface area contributed by atoms with Crippen LogP contribution in [0.5, 0.6) is 0 Å². The van der Waals surface area contributed by atoms with Crippen LogP contribution in [-0.2, 0) is 5.41 Å². The molecule has 0 heterocycles. The van der Waals surface area contributed by atoms with Crippen molar-refractivity contribution in [2.45, 2.75) is 129 Å². The van der Waals surface area contributed by atoms with Gasteiger partial charge in [0.15, 0.2) is 0 Å². The highest BCUT2D eigenvalue weighted by atomic mass is 28.3. The molecular weight excluding hydrogens is 1180 g/mol. The maximum absolute atomic E-state index is 13.4. The van der Waals surface area contributed by atoms with Crippen LogP contribution >= 0.6 is 0 Å². The van der Waals surface area contributed by atoms with Gasteiger partial charge in [-0.05, 0) is 186 Å². The topological polar surface area (TPSA) is 0 Å². The van der Waals surface area contributed by atoms with Gasteiger partial charge in [0.1, 0.15) is 17.5 Å². The molecule has 95 heavy (non-hydrogen) atoms. The van der Waals surface area contributed by atoms with Crippen LogP contribution in [0.15, 0.2) is 285 Å². The Hall–Kier alpha value is -9.35. The zero-order valence-corrected chi connectivity index (χ0v) is 60.8. The molecule has 12 rings (SSSR count). The quantitative estimate of drug-likeness (QED) is 0.151. The van der Waals surface area contributed by atoms with Crippen LogP contribution < -0.4 is 5.19 Å². The Morgan fingerprint density at radius 2 is 0.568 bits per heavy atom. The van der Waals surface area contributed by atoms with Crippen molar-refractivity contribution in [3.63, 3.8) is 0 Å². The van der Waals surface area contributed by atoms with Crippen LogP contribution in [0.4, 0.5) is 13.2 Å². The normalized spacial score (nSPS) is 10.4. The Kier molecular flexibility index (Phi) is 30.6. The maximum Gasteiger partial charge on any atom is 0.131 e. The molecule has 0 aromatic heterocycles. The van der Waals surface area contributed by atoms with Gasteiger partial charge in [-0.25, -0.2) is 13.2 Å². The molecule has 490 valence electrons. The molecule has 0 unspecified atom stereocenters. The first-order chi connectivity index (χ1) is 45.0. The van der Waals surface area contributed by atoms with E-state index < -0.39 is 8.07 Å². The summed E-state index contributed by atoms with van der Waals surface area (Å²) in [4.78, 5) is 0. The smallest absolute Gasteiger partial charge is 0.131 e. The second kappa shape index (κ2) is 38.1. The summed E-state index contributed by atoms with van der Waals surface area (Å²) in [6.07, 6.45) is 0. The first-order valence-electron chi connectivity index (χ1n) is 32.9. The Morgan fingerprint density at radius 1 is 0.242 bits per heavy atom. The fourth-order valence-electron chi connectivity index (χ4n) is 9.42. The van der Waals surface area contributed by atoms with Crippen molar-refractivity contribution >= 4 is 13.3 Å². The third-order valence-electron chi connectivity index (χ3n) is 16.0. The molecular formula is C91H101F3Si. The fourth-order valence-corrected chi connectivity index (χ4v) is 10.6. The molecule has 12 aromatic rings. The monoisotopic (exact) mass is 1280 g/mol. The zero-order valence-electron chi connectivity index (χ0n) is 59.8. The molecule has 0 fully saturated rings. The second-order valence-corrected chi connectivity index (χ2v) is 31.8. The summed E-state index contributed by atoms with van der Waals surface area (Å²) in [5, 5.41) is 1.54. The third-order valence-corrected chi connectivity index (χ3v) is 18.1. The van der Waals surface area contributed by atoms with Gasteiger partial charge in [-0.1, -0.05) is 345 Å². The average Bonchev–Trinajstić information content (AvgIpc) is 1.02. The van der Waals surface area contributed by atoms with Crippen LogP contribution in [-0.4, -0.2) is 8.07 Å². The first-order valence-corrected chi connectivity index (χ1v) is 36.4. The zero-order chi connectivity index (χ0) is 69.7. The van der Waals surface area contributed by atoms with Gasteiger partial charge < -0.3 is 0 Å². The molecule has 0 aliphatic heterocycles. The molecule has 0 saturated carbocycles. The Labute approximate surface area is 571 Å². The van der Waals surface area contributed by atoms with E-state index in [4.69, 9.17) is 0 Å². The summed E-state index contributed by atoms with van der Waals surface area (Å²) in [5.41, 5.74) is 25.8. The summed E-state index contributed by atoms with van der Waals surface area (Å²) in [7, 11) is -1.06. The van der Waals surface area contributed by atoms with Gasteiger partial charge in [-0.2, -0.15) is 0 Å². The average molecular weight is 1280 g/mol. The highest BCUT2D eigenvalue weighted by Gasteiger charge is 2.15. The molecule has 0 aliphatic rings. The minimum absolute atomic E-state index is 0.170. The van der Waals surface area contributed by atoms with Crippen molar-refractivity contribution in [1.29, 1.82) is 0 Å². The molecule has 0 amide bonds. The number of aryl methyl sites for hydroxylation is 12. The maximum atomic E-state index is 13.4. The van der Waals surface area contributed by atoms with Crippen LogP contribution in [0.2, 0.25) is 19.6 Å². The van der Waals surface area contributed by atoms with Crippen molar-refractivity contribution in [2.75, 3.05) is 0 Å². The predicted octanol–water partition coefficient (Wildman–Crippen LogP) is 26.1. The summed E-state index contributed by atoms with van der Waals surface area (Å²) < 4.78 is 39.0. The Bertz CT molecular complexity index is 4030. The number of hydrogen-bond acceptors (Lipinski definition) is 0. The van der Waals surface area contributed by atoms with Crippen LogP contribution in [0.25, 0.3) is 44.5 Å². The van der Waals surface area contributed by atoms with Crippen molar-refractivity contribution in [3.05, 3.63) is 375 Å². The number of rotatable bonds is 5. The molecule has 0 aliphatic carbocycles. The lowest BCUT2D eigenvalue weighted by Crippen LogP contribution is -2.37. The van der Waals surface area contributed by atoms with Gasteiger partial charge in [0.05, 0.1) is 8.07 Å². The van der Waals surface area contributed by atoms with Gasteiger partial charge in [0.25, 0.3) is 0 Å². The first kappa shape index (κ1) is 76.4. The largest absolute Gasteiger partial charge is 0.207 e. The van der Waals surface area contributed by atoms with Gasteiger partial charge >= 0.3 is 0 Å². The van der Waals surface area contributed by atoms with Gasteiger partial charge in [-0.15, -0.1) is 0 Å². The Balaban J connectivity index is 0.000000198. The third kappa shape index (κ3) is 28.0. The summed E-state index contributed by atoms with van der Waals surface area (Å²) in [6, 6.07) is 93.9. The van der Waals surface area contributed by atoms with Gasteiger partial charge in [-0.3, -0.25) is 0 Å². The summed E-state index contributed by atoms with van der Waals surface area (Å²) >= 11 is 0. The minimum Gasteiger partial charge on any atom is -0.207 e. The van der Waals surface area contributed by atoms with E-state index in [0.717, 1.165) is 27.8 Å². The molecule has 4 heteroatoms. The molecule has 12 aromatic carbocycles. The molecule has 0 spiro atoms. The van der Waals surface area contributed by atoms with E-state index in [9.17, 15) is 13.2 Å². The molecule has 0 radical (unpaired) electrons. The van der Waals surface area contributed by atoms with Gasteiger partial charge in [0, 0.05) is 5.56 Å². The molecule has 0 saturated heterocycles. The van der Waals surface area contributed by atoms with Crippen molar-refractivity contribution in [2.24, 2.45) is 0 Å². The van der Waals surface area contributed by atoms with Crippen LogP contribution in [0.3, 0.4) is 0 Å². The number of hydrogen-bond donors (Lipinski definition) is 0. The van der Waals surface area contributed by atoms with Crippen LogP contribution in [0.1, 0.15) is 93.1 Å². The van der Waals surface area contributed by atoms with Gasteiger partial charge in [0.2, 0.25) is 0 Å². The molecule has 0 N–H and O–H groups in total. The minimum atomic E-state index is -1.06. The van der Waals surface area contributed by atoms with Crippen LogP contribution in [0, 0.1) is 101 Å². The second-order valence-electron chi connectivity index (χ2n) is 26.7. The van der Waals surface area contributed by atoms with E-state index in [0.29, 0.717) is 5.56 Å². The summed E-state index contributed by atoms with van der Waals surface area (Å²) in [5.74, 6) is -0.555. The fraction of sp³-hybridized carbons (Fsp3) is 0.209. The van der Waals surface area contributed by atoms with E-state index in [-0.39, 0.29) is 22.9 Å². The lowest BCUT2D eigenvalue weighted by atomic mass is 9.87. The van der Waals surface area contributed by atoms with Crippen molar-refractivity contribution < 1.29 is 13.2 Å². The lowest BCUT2D eigenvalue weighted by Gasteiger charge is -2.18. The van der Waals surface area contributed by atoms with E-state index in [1.807, 2.05) is 92.7 Å². The predicted molar refractivity (Wildman–Crippen MR) is 412 cm³/mol. The lowest BCUT2D eigenvalue weighted by molar-refractivity contribution is 0.590. The Morgan fingerprint density at radius 3 is 0.979 bits per heavy atom. The number of halogens is 3. The number of benzene rings is 12. The SMILES string of the molecule is Cc1ccc(-c2ccc(F)cc2)cc1.Cc1ccc(-c2cccc(F)c2)cc1.Cc1ccc(-c2ccccc2)cc1C.Cc1ccc(-c2ccccc2F)cc1.Cc1ccc(C(C)(C)C)cc1.Cc1ccc(C)c(C)c1.Cc1ccc(C)cc1.Cc1ccc([Si](C)(C)C)cc1. The van der Waals surface area contributed by atoms with Crippen molar-refractivity contribution in [3.8, 4) is 44.5 Å². The van der Waals surface area contributed by atoms with E-state index in [1.165, 1.54) is 108 Å². The molecule has 0 atom stereocenters. The molecule has 0 bridgehead atoms. The highest BCUT2D eigenvalue weighted by Crippen LogP contribution is 2.26. The van der Waals surface area contributed by atoms with E-state index >= 15 is 0 Å². The van der Waals surface area contributed by atoms with Crippen molar-refractivity contribution in [1.82, 2.24) is 0 Å². The van der Waals surface area contributed by atoms with E-state index in [1.54, 1.807) is 41.6 Å². The standard InChI is InChI=1S/C14H14.3C13H11F.C11H16.C10H16Si.C9H12.C8H10/c1-11-8-9-14(10-12(11)2)13-6-4-3-5-7-13;1-10-2-4-11(5-3-10)12-6-8-13(14)9-7-12;1-10-5-7-11(8-6-10)12-3-2-4-13(14)9-12;1-10-6-8-11(9-7-10)12-4-2-3-5-13(12)14;2*1-9-5-7-10(8-6-9)11(2,3)4;1-7-4-5-8(2)9(3)6-7;1-7-3-5-8(2)6-4-7/h3-10H,1-2H3;3*2-9H,1H3;2*5-8H,1-4H3;4-6H,1-3H3;3-6H,1-2H3. The summed E-state index contributed by atoms with van der Waals surface area (Å²) in [6.45, 7) is 39.1.